The summed E-state index contributed by atoms with van der Waals surface area (Å²) in [5.74, 6) is 1.05. The minimum Gasteiger partial charge on any atom is -0.462 e. The van der Waals surface area contributed by atoms with Gasteiger partial charge in [0.1, 0.15) is 19.3 Å². The number of unbranched alkanes of at least 4 members (excludes halogenated alkanes) is 50. The third-order valence-corrected chi connectivity index (χ3v) is 22.8. The smallest absolute Gasteiger partial charge is 0.462 e. The molecular weight excluding hydrogens is 1390 g/mol. The van der Waals surface area contributed by atoms with Crippen LogP contribution in [-0.4, -0.2) is 96.7 Å². The number of phosphoric acid groups is 2. The van der Waals surface area contributed by atoms with Crippen LogP contribution in [0.3, 0.4) is 0 Å². The fourth-order valence-corrected chi connectivity index (χ4v) is 15.2. The number of esters is 4. The van der Waals surface area contributed by atoms with Crippen LogP contribution in [0.5, 0.6) is 0 Å². The van der Waals surface area contributed by atoms with E-state index in [1.165, 1.54) is 257 Å². The van der Waals surface area contributed by atoms with Crippen molar-refractivity contribution in [2.24, 2.45) is 23.7 Å². The first-order valence-electron chi connectivity index (χ1n) is 45.2. The molecular formula is C88H172O17P2. The lowest BCUT2D eigenvalue weighted by Gasteiger charge is -2.21. The van der Waals surface area contributed by atoms with Crippen molar-refractivity contribution in [2.45, 2.75) is 478 Å². The van der Waals surface area contributed by atoms with Crippen molar-refractivity contribution in [1.29, 1.82) is 0 Å². The summed E-state index contributed by atoms with van der Waals surface area (Å²) >= 11 is 0. The van der Waals surface area contributed by atoms with Gasteiger partial charge in [-0.25, -0.2) is 9.13 Å². The highest BCUT2D eigenvalue weighted by molar-refractivity contribution is 7.47. The second-order valence-corrected chi connectivity index (χ2v) is 36.2. The molecule has 0 aromatic heterocycles. The SMILES string of the molecule is CCC(C)CCCCCCCCCCCCCCCCC(=O)O[C@H](COC(=O)CCCCCCCCC(C)C)COP(=O)(O)OC[C@H](O)COP(=O)(O)OC[C@@H](COC(=O)CCCCCCCCCCCCCCCCCCC(C)C)OC(=O)CCCCCCCCCCCCCCCCCCCCC(C)C. The number of phosphoric ester groups is 2. The highest BCUT2D eigenvalue weighted by Gasteiger charge is 2.31. The molecule has 0 spiro atoms. The van der Waals surface area contributed by atoms with Crippen LogP contribution in [0.2, 0.25) is 0 Å². The van der Waals surface area contributed by atoms with E-state index in [2.05, 4.69) is 55.4 Å². The maximum absolute atomic E-state index is 13.2. The van der Waals surface area contributed by atoms with Gasteiger partial charge in [-0.2, -0.15) is 0 Å². The lowest BCUT2D eigenvalue weighted by Crippen LogP contribution is -2.30. The zero-order valence-corrected chi connectivity index (χ0v) is 72.6. The van der Waals surface area contributed by atoms with Gasteiger partial charge in [-0.05, 0) is 49.4 Å². The zero-order valence-electron chi connectivity index (χ0n) is 70.8. The van der Waals surface area contributed by atoms with Crippen molar-refractivity contribution < 1.29 is 80.2 Å². The van der Waals surface area contributed by atoms with Gasteiger partial charge in [0.25, 0.3) is 0 Å². The number of hydrogen-bond acceptors (Lipinski definition) is 15. The van der Waals surface area contributed by atoms with Gasteiger partial charge >= 0.3 is 39.5 Å². The molecule has 0 aliphatic rings. The normalized spacial score (nSPS) is 14.1. The van der Waals surface area contributed by atoms with E-state index < -0.39 is 97.5 Å². The Labute approximate surface area is 658 Å². The van der Waals surface area contributed by atoms with Crippen LogP contribution in [0, 0.1) is 23.7 Å². The number of rotatable bonds is 85. The van der Waals surface area contributed by atoms with Gasteiger partial charge in [0, 0.05) is 25.7 Å². The Bertz CT molecular complexity index is 2080. The third-order valence-electron chi connectivity index (χ3n) is 20.9. The van der Waals surface area contributed by atoms with Crippen molar-refractivity contribution in [1.82, 2.24) is 0 Å². The van der Waals surface area contributed by atoms with Gasteiger partial charge in [0.2, 0.25) is 0 Å². The molecule has 19 heteroatoms. The average molecular weight is 1560 g/mol. The van der Waals surface area contributed by atoms with E-state index >= 15 is 0 Å². The molecule has 636 valence electrons. The molecule has 0 aromatic carbocycles. The Kier molecular flexibility index (Phi) is 75.3. The minimum atomic E-state index is -4.97. The molecule has 0 fully saturated rings. The third kappa shape index (κ3) is 80.5. The van der Waals surface area contributed by atoms with Crippen LogP contribution in [0.1, 0.15) is 460 Å². The Morgan fingerprint density at radius 3 is 0.664 bits per heavy atom. The zero-order chi connectivity index (χ0) is 78.8. The first-order valence-corrected chi connectivity index (χ1v) is 48.2. The van der Waals surface area contributed by atoms with Crippen LogP contribution in [0.15, 0.2) is 0 Å². The lowest BCUT2D eigenvalue weighted by molar-refractivity contribution is -0.161. The number of carbonyl (C=O) groups is 4. The van der Waals surface area contributed by atoms with E-state index in [-0.39, 0.29) is 25.7 Å². The molecule has 0 rings (SSSR count). The minimum absolute atomic E-state index is 0.106. The van der Waals surface area contributed by atoms with Crippen LogP contribution in [0.25, 0.3) is 0 Å². The van der Waals surface area contributed by atoms with Crippen LogP contribution >= 0.6 is 15.6 Å². The molecule has 3 N–H and O–H groups in total. The topological polar surface area (TPSA) is 237 Å². The first-order chi connectivity index (χ1) is 51.6. The van der Waals surface area contributed by atoms with Gasteiger partial charge in [0.15, 0.2) is 12.2 Å². The van der Waals surface area contributed by atoms with E-state index in [1.54, 1.807) is 0 Å². The molecule has 0 radical (unpaired) electrons. The molecule has 6 atom stereocenters. The summed E-state index contributed by atoms with van der Waals surface area (Å²) in [6.07, 6.45) is 66.8. The molecule has 0 aliphatic carbocycles. The first kappa shape index (κ1) is 105. The molecule has 0 aromatic rings. The number of aliphatic hydroxyl groups is 1. The molecule has 0 saturated carbocycles. The predicted octanol–water partition coefficient (Wildman–Crippen LogP) is 26.7. The van der Waals surface area contributed by atoms with E-state index in [0.717, 1.165) is 114 Å². The summed E-state index contributed by atoms with van der Waals surface area (Å²) in [6.45, 7) is 14.3. The molecule has 0 amide bonds. The maximum atomic E-state index is 13.2. The summed E-state index contributed by atoms with van der Waals surface area (Å²) in [7, 11) is -9.93. The molecule has 17 nitrogen and oxygen atoms in total. The van der Waals surface area contributed by atoms with Gasteiger partial charge in [0.05, 0.1) is 26.4 Å². The summed E-state index contributed by atoms with van der Waals surface area (Å²) in [5.41, 5.74) is 0. The molecule has 3 unspecified atom stereocenters. The number of carbonyl (C=O) groups excluding carboxylic acids is 4. The summed E-state index contributed by atoms with van der Waals surface area (Å²) in [4.78, 5) is 73.2. The fourth-order valence-electron chi connectivity index (χ4n) is 13.6. The van der Waals surface area contributed by atoms with E-state index in [9.17, 15) is 43.2 Å². The van der Waals surface area contributed by atoms with Gasteiger partial charge in [-0.15, -0.1) is 0 Å². The van der Waals surface area contributed by atoms with Gasteiger partial charge in [-0.1, -0.05) is 409 Å². The predicted molar refractivity (Wildman–Crippen MR) is 441 cm³/mol. The summed E-state index contributed by atoms with van der Waals surface area (Å²) < 4.78 is 68.9. The molecule has 0 heterocycles. The van der Waals surface area contributed by atoms with Crippen molar-refractivity contribution in [3.63, 3.8) is 0 Å². The van der Waals surface area contributed by atoms with Crippen molar-refractivity contribution in [3.05, 3.63) is 0 Å². The molecule has 0 aliphatic heterocycles. The average Bonchev–Trinajstić information content (AvgIpc) is 0.899. The number of hydrogen-bond donors (Lipinski definition) is 3. The van der Waals surface area contributed by atoms with Crippen LogP contribution in [0.4, 0.5) is 0 Å². The highest BCUT2D eigenvalue weighted by atomic mass is 31.2. The molecule has 0 bridgehead atoms. The Hall–Kier alpha value is -1.94. The largest absolute Gasteiger partial charge is 0.472 e. The monoisotopic (exact) mass is 1560 g/mol. The quantitative estimate of drug-likeness (QED) is 0.0222. The number of ether oxygens (including phenoxy) is 4. The Balaban J connectivity index is 5.21. The van der Waals surface area contributed by atoms with Crippen molar-refractivity contribution in [3.8, 4) is 0 Å². The van der Waals surface area contributed by atoms with Crippen LogP contribution in [-0.2, 0) is 65.4 Å². The Morgan fingerprint density at radius 2 is 0.449 bits per heavy atom. The summed E-state index contributed by atoms with van der Waals surface area (Å²) in [6, 6.07) is 0. The standard InChI is InChI=1S/C88H172O17P2/c1-9-81(8)67-59-51-42-36-30-24-20-21-27-33-39-45-55-63-71-88(93)105-84(75-99-86(91)69-61-53-47-46-50-58-66-80(6)7)77-103-107(96,97)101-73-82(89)72-100-106(94,95)102-76-83(74-98-85(90)68-60-52-43-37-31-25-18-15-14-17-23-29-35-41-49-57-65-79(4)5)104-87(92)70-62-54-44-38-32-26-19-13-11-10-12-16-22-28-34-40-48-56-64-78(2)3/h78-84,89H,9-77H2,1-8H3,(H,94,95)(H,96,97)/t81?,82-,83-,84-/m1/s1. The van der Waals surface area contributed by atoms with Crippen molar-refractivity contribution >= 4 is 39.5 Å². The van der Waals surface area contributed by atoms with Gasteiger partial charge < -0.3 is 33.8 Å². The second-order valence-electron chi connectivity index (χ2n) is 33.3. The van der Waals surface area contributed by atoms with Crippen LogP contribution < -0.4 is 0 Å². The van der Waals surface area contributed by atoms with E-state index in [4.69, 9.17) is 37.0 Å². The Morgan fingerprint density at radius 1 is 0.262 bits per heavy atom. The second kappa shape index (κ2) is 76.7. The van der Waals surface area contributed by atoms with Gasteiger partial charge in [-0.3, -0.25) is 37.3 Å². The molecule has 107 heavy (non-hydrogen) atoms. The number of aliphatic hydroxyl groups excluding tert-OH is 1. The van der Waals surface area contributed by atoms with E-state index in [0.29, 0.717) is 31.6 Å². The lowest BCUT2D eigenvalue weighted by atomic mass is 9.99. The highest BCUT2D eigenvalue weighted by Crippen LogP contribution is 2.45. The van der Waals surface area contributed by atoms with E-state index in [1.807, 2.05) is 0 Å². The maximum Gasteiger partial charge on any atom is 0.472 e. The summed E-state index contributed by atoms with van der Waals surface area (Å²) in [5, 5.41) is 10.7. The molecule has 0 saturated heterocycles. The van der Waals surface area contributed by atoms with Crippen molar-refractivity contribution in [2.75, 3.05) is 39.6 Å². The fraction of sp³-hybridized carbons (Fsp3) is 0.955.